The molecule has 136 valence electrons. The Morgan fingerprint density at radius 1 is 1.12 bits per heavy atom. The highest BCUT2D eigenvalue weighted by Gasteiger charge is 2.16. The van der Waals surface area contributed by atoms with Crippen molar-refractivity contribution in [2.45, 2.75) is 38.1 Å². The summed E-state index contributed by atoms with van der Waals surface area (Å²) < 4.78 is 18.8. The lowest BCUT2D eigenvalue weighted by atomic mass is 9.96. The lowest BCUT2D eigenvalue weighted by Gasteiger charge is -2.21. The van der Waals surface area contributed by atoms with Crippen LogP contribution < -0.4 is 10.2 Å². The molecule has 2 aromatic carbocycles. The molecule has 1 aromatic heterocycles. The van der Waals surface area contributed by atoms with Crippen LogP contribution in [0, 0.1) is 0 Å². The number of nitrogens with zero attached hydrogens (tertiary/aromatic N) is 2. The van der Waals surface area contributed by atoms with E-state index in [1.807, 2.05) is 42.5 Å². The fourth-order valence-electron chi connectivity index (χ4n) is 3.58. The third-order valence-electron chi connectivity index (χ3n) is 5.12. The highest BCUT2D eigenvalue weighted by atomic mass is 19.1. The minimum atomic E-state index is -0.512. The number of benzene rings is 2. The van der Waals surface area contributed by atoms with Gasteiger partial charge < -0.3 is 14.6 Å². The predicted octanol–water partition coefficient (Wildman–Crippen LogP) is 5.60. The van der Waals surface area contributed by atoms with E-state index in [0.29, 0.717) is 12.1 Å². The maximum absolute atomic E-state index is 12.9. The van der Waals surface area contributed by atoms with E-state index in [1.165, 1.54) is 32.1 Å². The molecule has 1 N–H and O–H groups in total. The molecule has 1 fully saturated rings. The SMILES string of the molecule is CN(CF)c1cccc(-c2ccc3oc(NC4CCCCC4)nc3c2)c1. The summed E-state index contributed by atoms with van der Waals surface area (Å²) in [4.78, 5) is 6.19. The molecule has 0 unspecified atom stereocenters. The van der Waals surface area contributed by atoms with Gasteiger partial charge in [-0.1, -0.05) is 37.5 Å². The number of oxazole rings is 1. The first-order chi connectivity index (χ1) is 12.7. The van der Waals surface area contributed by atoms with Gasteiger partial charge in [-0.15, -0.1) is 0 Å². The van der Waals surface area contributed by atoms with Gasteiger partial charge in [-0.25, -0.2) is 4.39 Å². The zero-order chi connectivity index (χ0) is 17.9. The normalized spacial score (nSPS) is 15.3. The molecule has 5 heteroatoms. The third-order valence-corrected chi connectivity index (χ3v) is 5.12. The largest absolute Gasteiger partial charge is 0.424 e. The molecule has 1 heterocycles. The molecule has 0 aliphatic heterocycles. The number of rotatable bonds is 5. The summed E-state index contributed by atoms with van der Waals surface area (Å²) in [5.74, 6) is 0. The third kappa shape index (κ3) is 3.52. The Morgan fingerprint density at radius 2 is 1.92 bits per heavy atom. The van der Waals surface area contributed by atoms with Crippen molar-refractivity contribution < 1.29 is 8.81 Å². The summed E-state index contributed by atoms with van der Waals surface area (Å²) in [7, 11) is 1.74. The fourth-order valence-corrected chi connectivity index (χ4v) is 3.58. The smallest absolute Gasteiger partial charge is 0.295 e. The number of anilines is 2. The fraction of sp³-hybridized carbons (Fsp3) is 0.381. The van der Waals surface area contributed by atoms with E-state index >= 15 is 0 Å². The minimum Gasteiger partial charge on any atom is -0.424 e. The molecule has 4 nitrogen and oxygen atoms in total. The zero-order valence-electron chi connectivity index (χ0n) is 15.0. The molecule has 1 aliphatic rings. The number of hydrogen-bond donors (Lipinski definition) is 1. The Bertz CT molecular complexity index is 886. The first-order valence-corrected chi connectivity index (χ1v) is 9.27. The average molecular weight is 353 g/mol. The van der Waals surface area contributed by atoms with Crippen molar-refractivity contribution in [3.63, 3.8) is 0 Å². The predicted molar refractivity (Wildman–Crippen MR) is 104 cm³/mol. The number of halogens is 1. The van der Waals surface area contributed by atoms with Crippen molar-refractivity contribution in [2.24, 2.45) is 0 Å². The van der Waals surface area contributed by atoms with Gasteiger partial charge in [-0.3, -0.25) is 0 Å². The van der Waals surface area contributed by atoms with Gasteiger partial charge in [0.25, 0.3) is 6.01 Å². The molecule has 3 aromatic rings. The Morgan fingerprint density at radius 3 is 2.73 bits per heavy atom. The van der Waals surface area contributed by atoms with E-state index in [0.717, 1.165) is 27.9 Å². The number of alkyl halides is 1. The van der Waals surface area contributed by atoms with Crippen molar-refractivity contribution in [1.29, 1.82) is 0 Å². The van der Waals surface area contributed by atoms with Crippen LogP contribution >= 0.6 is 0 Å². The van der Waals surface area contributed by atoms with Crippen molar-refractivity contribution >= 4 is 22.8 Å². The van der Waals surface area contributed by atoms with E-state index in [-0.39, 0.29) is 0 Å². The molecule has 4 rings (SSSR count). The molecule has 0 amide bonds. The van der Waals surface area contributed by atoms with E-state index in [4.69, 9.17) is 4.42 Å². The molecule has 0 saturated heterocycles. The second-order valence-corrected chi connectivity index (χ2v) is 7.05. The molecule has 0 atom stereocenters. The van der Waals surface area contributed by atoms with Gasteiger partial charge in [0.15, 0.2) is 12.4 Å². The van der Waals surface area contributed by atoms with Gasteiger partial charge >= 0.3 is 0 Å². The van der Waals surface area contributed by atoms with Gasteiger partial charge in [0.1, 0.15) is 5.52 Å². The van der Waals surface area contributed by atoms with E-state index < -0.39 is 6.80 Å². The lowest BCUT2D eigenvalue weighted by Crippen LogP contribution is -2.22. The van der Waals surface area contributed by atoms with Gasteiger partial charge in [-0.05, 0) is 48.2 Å². The van der Waals surface area contributed by atoms with Gasteiger partial charge in [0.2, 0.25) is 0 Å². The van der Waals surface area contributed by atoms with Gasteiger partial charge in [0.05, 0.1) is 0 Å². The molecule has 1 aliphatic carbocycles. The number of nitrogens with one attached hydrogen (secondary N) is 1. The summed E-state index contributed by atoms with van der Waals surface area (Å²) in [6, 6.07) is 14.9. The minimum absolute atomic E-state index is 0.462. The molecule has 0 bridgehead atoms. The van der Waals surface area contributed by atoms with Crippen molar-refractivity contribution in [3.8, 4) is 11.1 Å². The molecule has 0 radical (unpaired) electrons. The molecule has 26 heavy (non-hydrogen) atoms. The topological polar surface area (TPSA) is 41.3 Å². The second-order valence-electron chi connectivity index (χ2n) is 7.05. The number of hydrogen-bond acceptors (Lipinski definition) is 4. The Kier molecular flexibility index (Phi) is 4.78. The van der Waals surface area contributed by atoms with Gasteiger partial charge in [0, 0.05) is 18.8 Å². The first-order valence-electron chi connectivity index (χ1n) is 9.27. The Labute approximate surface area is 153 Å². The van der Waals surface area contributed by atoms with Crippen LogP contribution in [0.3, 0.4) is 0 Å². The van der Waals surface area contributed by atoms with Crippen molar-refractivity contribution in [2.75, 3.05) is 24.1 Å². The highest BCUT2D eigenvalue weighted by molar-refractivity contribution is 5.82. The van der Waals surface area contributed by atoms with E-state index in [2.05, 4.69) is 10.3 Å². The van der Waals surface area contributed by atoms with Crippen molar-refractivity contribution in [3.05, 3.63) is 42.5 Å². The lowest BCUT2D eigenvalue weighted by molar-refractivity contribution is 0.451. The quantitative estimate of drug-likeness (QED) is 0.606. The Balaban J connectivity index is 1.59. The number of fused-ring (bicyclic) bond motifs is 1. The van der Waals surface area contributed by atoms with E-state index in [9.17, 15) is 4.39 Å². The monoisotopic (exact) mass is 353 g/mol. The first kappa shape index (κ1) is 16.9. The van der Waals surface area contributed by atoms with Crippen LogP contribution in [0.1, 0.15) is 32.1 Å². The van der Waals surface area contributed by atoms with Crippen LogP contribution in [0.15, 0.2) is 46.9 Å². The maximum atomic E-state index is 12.9. The highest BCUT2D eigenvalue weighted by Crippen LogP contribution is 2.29. The molecule has 0 spiro atoms. The van der Waals surface area contributed by atoms with Crippen LogP contribution in [0.5, 0.6) is 0 Å². The summed E-state index contributed by atoms with van der Waals surface area (Å²) in [5, 5.41) is 3.44. The summed E-state index contributed by atoms with van der Waals surface area (Å²) in [6.45, 7) is -0.512. The van der Waals surface area contributed by atoms with Crippen LogP contribution in [0.2, 0.25) is 0 Å². The van der Waals surface area contributed by atoms with Crippen LogP contribution in [-0.2, 0) is 0 Å². The summed E-state index contributed by atoms with van der Waals surface area (Å²) >= 11 is 0. The van der Waals surface area contributed by atoms with Crippen molar-refractivity contribution in [1.82, 2.24) is 4.98 Å². The Hall–Kier alpha value is -2.56. The van der Waals surface area contributed by atoms with E-state index in [1.54, 1.807) is 11.9 Å². The van der Waals surface area contributed by atoms with Crippen LogP contribution in [-0.4, -0.2) is 24.9 Å². The van der Waals surface area contributed by atoms with Crippen LogP contribution in [0.4, 0.5) is 16.1 Å². The van der Waals surface area contributed by atoms with Crippen LogP contribution in [0.25, 0.3) is 22.2 Å². The number of aromatic nitrogens is 1. The second kappa shape index (κ2) is 7.36. The standard InChI is InChI=1S/C21H24FN3O/c1-25(14-22)18-9-5-6-15(12-18)16-10-11-20-19(13-16)24-21(26-20)23-17-7-3-2-4-8-17/h5-6,9-13,17H,2-4,7-8,14H2,1H3,(H,23,24). The maximum Gasteiger partial charge on any atom is 0.295 e. The molecular formula is C21H24FN3O. The average Bonchev–Trinajstić information content (AvgIpc) is 3.09. The molecule has 1 saturated carbocycles. The summed E-state index contributed by atoms with van der Waals surface area (Å²) in [5.41, 5.74) is 4.55. The van der Waals surface area contributed by atoms with Gasteiger partial charge in [-0.2, -0.15) is 4.98 Å². The zero-order valence-corrected chi connectivity index (χ0v) is 15.0. The molecular weight excluding hydrogens is 329 g/mol. The summed E-state index contributed by atoms with van der Waals surface area (Å²) in [6.07, 6.45) is 6.22.